The standard InChI is InChI=1S/C11H13N5O2S/c17-19(18)5-4-10(7-19)12-9-3-1-2-8(6-9)11-13-15-16-14-11/h1-3,6,10,12H,4-5,7H2,(H,13,14,15,16). The highest BCUT2D eigenvalue weighted by Gasteiger charge is 2.27. The minimum Gasteiger partial charge on any atom is -0.381 e. The van der Waals surface area contributed by atoms with Crippen molar-refractivity contribution < 1.29 is 8.42 Å². The zero-order chi connectivity index (χ0) is 13.3. The topological polar surface area (TPSA) is 101 Å². The Hall–Kier alpha value is -1.96. The van der Waals surface area contributed by atoms with Gasteiger partial charge in [0.15, 0.2) is 9.84 Å². The summed E-state index contributed by atoms with van der Waals surface area (Å²) < 4.78 is 22.8. The highest BCUT2D eigenvalue weighted by molar-refractivity contribution is 7.91. The van der Waals surface area contributed by atoms with E-state index in [0.29, 0.717) is 12.2 Å². The van der Waals surface area contributed by atoms with Gasteiger partial charge in [-0.25, -0.2) is 8.42 Å². The molecule has 8 heteroatoms. The van der Waals surface area contributed by atoms with Gasteiger partial charge in [0.2, 0.25) is 5.82 Å². The molecule has 3 rings (SSSR count). The van der Waals surface area contributed by atoms with Gasteiger partial charge in [-0.3, -0.25) is 0 Å². The lowest BCUT2D eigenvalue weighted by Crippen LogP contribution is -2.20. The lowest BCUT2D eigenvalue weighted by atomic mass is 10.1. The van der Waals surface area contributed by atoms with Gasteiger partial charge in [0.1, 0.15) is 0 Å². The van der Waals surface area contributed by atoms with Crippen molar-refractivity contribution in [3.63, 3.8) is 0 Å². The van der Waals surface area contributed by atoms with Gasteiger partial charge in [0.05, 0.1) is 11.5 Å². The first-order chi connectivity index (χ1) is 9.12. The van der Waals surface area contributed by atoms with Crippen LogP contribution in [0.1, 0.15) is 6.42 Å². The SMILES string of the molecule is O=S1(=O)CCC(Nc2cccc(-c3nn[nH]n3)c2)C1. The molecule has 1 aliphatic rings. The molecule has 0 radical (unpaired) electrons. The average Bonchev–Trinajstić information content (AvgIpc) is 2.99. The van der Waals surface area contributed by atoms with Crippen molar-refractivity contribution in [2.24, 2.45) is 0 Å². The number of nitrogens with zero attached hydrogens (tertiary/aromatic N) is 3. The number of aromatic amines is 1. The number of H-pyrrole nitrogens is 1. The molecule has 2 heterocycles. The van der Waals surface area contributed by atoms with E-state index in [-0.39, 0.29) is 17.5 Å². The summed E-state index contributed by atoms with van der Waals surface area (Å²) in [5, 5.41) is 17.0. The fourth-order valence-electron chi connectivity index (χ4n) is 2.18. The number of sulfone groups is 1. The highest BCUT2D eigenvalue weighted by Crippen LogP contribution is 2.21. The fourth-order valence-corrected chi connectivity index (χ4v) is 3.85. The molecule has 0 bridgehead atoms. The van der Waals surface area contributed by atoms with E-state index < -0.39 is 9.84 Å². The second kappa shape index (κ2) is 4.61. The zero-order valence-electron chi connectivity index (χ0n) is 10.1. The molecule has 1 fully saturated rings. The van der Waals surface area contributed by atoms with E-state index in [1.807, 2.05) is 24.3 Å². The van der Waals surface area contributed by atoms with Crippen LogP contribution in [-0.2, 0) is 9.84 Å². The molecule has 0 aliphatic carbocycles. The lowest BCUT2D eigenvalue weighted by molar-refractivity contribution is 0.602. The lowest BCUT2D eigenvalue weighted by Gasteiger charge is -2.12. The quantitative estimate of drug-likeness (QED) is 0.846. The Bertz CT molecular complexity index is 668. The minimum atomic E-state index is -2.87. The Balaban J connectivity index is 1.77. The van der Waals surface area contributed by atoms with Crippen LogP contribution in [0.4, 0.5) is 5.69 Å². The van der Waals surface area contributed by atoms with E-state index in [1.165, 1.54) is 0 Å². The number of anilines is 1. The fraction of sp³-hybridized carbons (Fsp3) is 0.364. The smallest absolute Gasteiger partial charge is 0.204 e. The van der Waals surface area contributed by atoms with E-state index in [9.17, 15) is 8.42 Å². The van der Waals surface area contributed by atoms with Crippen LogP contribution < -0.4 is 5.32 Å². The van der Waals surface area contributed by atoms with Crippen LogP contribution in [0, 0.1) is 0 Å². The second-order valence-electron chi connectivity index (χ2n) is 4.56. The molecular formula is C11H13N5O2S. The summed E-state index contributed by atoms with van der Waals surface area (Å²) in [4.78, 5) is 0. The Morgan fingerprint density at radius 1 is 1.37 bits per heavy atom. The third-order valence-corrected chi connectivity index (χ3v) is 4.84. The van der Waals surface area contributed by atoms with Crippen molar-refractivity contribution in [3.05, 3.63) is 24.3 Å². The number of benzene rings is 1. The van der Waals surface area contributed by atoms with Crippen LogP contribution in [-0.4, -0.2) is 46.6 Å². The molecule has 1 aromatic heterocycles. The largest absolute Gasteiger partial charge is 0.381 e. The summed E-state index contributed by atoms with van der Waals surface area (Å²) in [6.45, 7) is 0. The van der Waals surface area contributed by atoms with Crippen LogP contribution in [0.25, 0.3) is 11.4 Å². The number of nitrogens with one attached hydrogen (secondary N) is 2. The van der Waals surface area contributed by atoms with Crippen LogP contribution in [0.3, 0.4) is 0 Å². The van der Waals surface area contributed by atoms with Gasteiger partial charge in [-0.2, -0.15) is 5.21 Å². The maximum Gasteiger partial charge on any atom is 0.204 e. The molecule has 0 amide bonds. The number of tetrazole rings is 1. The summed E-state index contributed by atoms with van der Waals surface area (Å²) in [7, 11) is -2.87. The highest BCUT2D eigenvalue weighted by atomic mass is 32.2. The van der Waals surface area contributed by atoms with E-state index >= 15 is 0 Å². The van der Waals surface area contributed by atoms with Crippen molar-refractivity contribution in [1.29, 1.82) is 0 Å². The number of aromatic nitrogens is 4. The molecule has 100 valence electrons. The molecule has 19 heavy (non-hydrogen) atoms. The van der Waals surface area contributed by atoms with Crippen LogP contribution in [0.15, 0.2) is 24.3 Å². The Labute approximate surface area is 110 Å². The summed E-state index contributed by atoms with van der Waals surface area (Å²) in [6, 6.07) is 7.51. The Morgan fingerprint density at radius 2 is 2.26 bits per heavy atom. The molecule has 0 saturated carbocycles. The average molecular weight is 279 g/mol. The molecule has 1 unspecified atom stereocenters. The predicted molar refractivity (Wildman–Crippen MR) is 70.3 cm³/mol. The third-order valence-electron chi connectivity index (χ3n) is 3.07. The Morgan fingerprint density at radius 3 is 2.95 bits per heavy atom. The first-order valence-corrected chi connectivity index (χ1v) is 7.75. The van der Waals surface area contributed by atoms with Crippen molar-refractivity contribution >= 4 is 15.5 Å². The number of hydrogen-bond donors (Lipinski definition) is 2. The molecular weight excluding hydrogens is 266 g/mol. The van der Waals surface area contributed by atoms with Crippen LogP contribution in [0.5, 0.6) is 0 Å². The molecule has 2 N–H and O–H groups in total. The van der Waals surface area contributed by atoms with Gasteiger partial charge in [-0.15, -0.1) is 10.2 Å². The molecule has 1 aliphatic heterocycles. The van der Waals surface area contributed by atoms with Crippen molar-refractivity contribution in [3.8, 4) is 11.4 Å². The summed E-state index contributed by atoms with van der Waals surface area (Å²) >= 11 is 0. The zero-order valence-corrected chi connectivity index (χ0v) is 10.9. The van der Waals surface area contributed by atoms with Crippen molar-refractivity contribution in [2.75, 3.05) is 16.8 Å². The minimum absolute atomic E-state index is 0.0227. The van der Waals surface area contributed by atoms with E-state index in [1.54, 1.807) is 0 Å². The Kier molecular flexibility index (Phi) is 2.94. The van der Waals surface area contributed by atoms with Crippen molar-refractivity contribution in [2.45, 2.75) is 12.5 Å². The molecule has 1 atom stereocenters. The predicted octanol–water partition coefficient (Wildman–Crippen LogP) is 0.466. The number of hydrogen-bond acceptors (Lipinski definition) is 6. The molecule has 2 aromatic rings. The normalized spacial score (nSPS) is 21.4. The molecule has 1 saturated heterocycles. The summed E-state index contributed by atoms with van der Waals surface area (Å²) in [5.41, 5.74) is 1.70. The molecule has 1 aromatic carbocycles. The van der Waals surface area contributed by atoms with Gasteiger partial charge >= 0.3 is 0 Å². The van der Waals surface area contributed by atoms with Crippen LogP contribution in [0.2, 0.25) is 0 Å². The van der Waals surface area contributed by atoms with Gasteiger partial charge in [0, 0.05) is 17.3 Å². The maximum atomic E-state index is 11.4. The van der Waals surface area contributed by atoms with Crippen molar-refractivity contribution in [1.82, 2.24) is 20.6 Å². The maximum absolute atomic E-state index is 11.4. The molecule has 7 nitrogen and oxygen atoms in total. The second-order valence-corrected chi connectivity index (χ2v) is 6.79. The monoisotopic (exact) mass is 279 g/mol. The third kappa shape index (κ3) is 2.73. The van der Waals surface area contributed by atoms with E-state index in [0.717, 1.165) is 11.3 Å². The van der Waals surface area contributed by atoms with Gasteiger partial charge < -0.3 is 5.32 Å². The first-order valence-electron chi connectivity index (χ1n) is 5.93. The summed E-state index contributed by atoms with van der Waals surface area (Å²) in [5.74, 6) is 0.969. The van der Waals surface area contributed by atoms with Gasteiger partial charge in [-0.05, 0) is 23.8 Å². The van der Waals surface area contributed by atoms with Gasteiger partial charge in [-0.1, -0.05) is 12.1 Å². The first kappa shape index (κ1) is 12.1. The van der Waals surface area contributed by atoms with E-state index in [2.05, 4.69) is 25.9 Å². The van der Waals surface area contributed by atoms with Crippen LogP contribution >= 0.6 is 0 Å². The van der Waals surface area contributed by atoms with Gasteiger partial charge in [0.25, 0.3) is 0 Å². The molecule has 0 spiro atoms. The summed E-state index contributed by atoms with van der Waals surface area (Å²) in [6.07, 6.45) is 0.648. The number of rotatable bonds is 3. The van der Waals surface area contributed by atoms with E-state index in [4.69, 9.17) is 0 Å².